The van der Waals surface area contributed by atoms with Gasteiger partial charge in [-0.05, 0) is 49.0 Å². The Labute approximate surface area is 119 Å². The fraction of sp³-hybridized carbons (Fsp3) is 0.214. The van der Waals surface area contributed by atoms with E-state index in [0.29, 0.717) is 11.7 Å². The fourth-order valence-corrected chi connectivity index (χ4v) is 1.40. The van der Waals surface area contributed by atoms with Gasteiger partial charge in [0.15, 0.2) is 5.11 Å². The molecule has 1 aromatic rings. The van der Waals surface area contributed by atoms with E-state index in [2.05, 4.69) is 29.3 Å². The van der Waals surface area contributed by atoms with Crippen molar-refractivity contribution in [3.63, 3.8) is 0 Å². The van der Waals surface area contributed by atoms with E-state index >= 15 is 0 Å². The third-order valence-corrected chi connectivity index (χ3v) is 2.56. The van der Waals surface area contributed by atoms with Gasteiger partial charge < -0.3 is 10.1 Å². The van der Waals surface area contributed by atoms with Crippen molar-refractivity contribution in [1.82, 2.24) is 16.2 Å². The van der Waals surface area contributed by atoms with E-state index in [-0.39, 0.29) is 0 Å². The maximum Gasteiger partial charge on any atom is 0.185 e. The molecule has 1 rings (SSSR count). The van der Waals surface area contributed by atoms with Gasteiger partial charge in [0.1, 0.15) is 5.75 Å². The molecule has 4 nitrogen and oxygen atoms in total. The average Bonchev–Trinajstić information content (AvgIpc) is 2.42. The summed E-state index contributed by atoms with van der Waals surface area (Å²) in [6.45, 7) is 10.3. The van der Waals surface area contributed by atoms with Gasteiger partial charge in [-0.25, -0.2) is 0 Å². The number of rotatable bonds is 6. The number of methoxy groups -OCH3 is 1. The van der Waals surface area contributed by atoms with Gasteiger partial charge in [0.2, 0.25) is 0 Å². The van der Waals surface area contributed by atoms with Gasteiger partial charge in [-0.3, -0.25) is 10.9 Å². The Bertz CT molecular complexity index is 468. The van der Waals surface area contributed by atoms with Gasteiger partial charge >= 0.3 is 0 Å². The molecule has 0 saturated carbocycles. The largest absolute Gasteiger partial charge is 0.497 e. The molecule has 19 heavy (non-hydrogen) atoms. The van der Waals surface area contributed by atoms with Crippen molar-refractivity contribution in [2.75, 3.05) is 13.7 Å². The number of thiocarbonyl (C=S) groups is 1. The van der Waals surface area contributed by atoms with Crippen LogP contribution in [-0.4, -0.2) is 18.8 Å². The molecule has 0 aliphatic rings. The molecule has 0 heterocycles. The first-order valence-corrected chi connectivity index (χ1v) is 6.21. The predicted octanol–water partition coefficient (Wildman–Crippen LogP) is 2.21. The Hall–Kier alpha value is -2.01. The third kappa shape index (κ3) is 5.44. The van der Waals surface area contributed by atoms with Gasteiger partial charge in [0.25, 0.3) is 0 Å². The summed E-state index contributed by atoms with van der Waals surface area (Å²) in [7, 11) is 1.63. The SMILES string of the molecule is C=C(C)CNC(=S)NNC(=C)c1ccc(OC)cc1. The molecule has 0 aliphatic carbocycles. The van der Waals surface area contributed by atoms with Crippen molar-refractivity contribution in [2.45, 2.75) is 6.92 Å². The molecule has 0 spiro atoms. The second kappa shape index (κ2) is 7.43. The van der Waals surface area contributed by atoms with E-state index in [1.165, 1.54) is 0 Å². The summed E-state index contributed by atoms with van der Waals surface area (Å²) in [6.07, 6.45) is 0. The van der Waals surface area contributed by atoms with Crippen molar-refractivity contribution < 1.29 is 4.74 Å². The van der Waals surface area contributed by atoms with E-state index in [1.807, 2.05) is 31.2 Å². The molecule has 0 aromatic heterocycles. The highest BCUT2D eigenvalue weighted by atomic mass is 32.1. The number of benzene rings is 1. The van der Waals surface area contributed by atoms with Crippen LogP contribution in [0.2, 0.25) is 0 Å². The molecule has 102 valence electrons. The molecule has 0 atom stereocenters. The summed E-state index contributed by atoms with van der Waals surface area (Å²) in [6, 6.07) is 7.58. The van der Waals surface area contributed by atoms with E-state index < -0.39 is 0 Å². The molecule has 0 aliphatic heterocycles. The highest BCUT2D eigenvalue weighted by Gasteiger charge is 2.00. The van der Waals surface area contributed by atoms with E-state index in [1.54, 1.807) is 7.11 Å². The first-order valence-electron chi connectivity index (χ1n) is 5.80. The van der Waals surface area contributed by atoms with Crippen LogP contribution in [-0.2, 0) is 0 Å². The van der Waals surface area contributed by atoms with Gasteiger partial charge in [-0.2, -0.15) is 0 Å². The smallest absolute Gasteiger partial charge is 0.185 e. The standard InChI is InChI=1S/C14H19N3OS/c1-10(2)9-15-14(19)17-16-11(3)12-5-7-13(18-4)8-6-12/h5-8,16H,1,3,9H2,2,4H3,(H2,15,17,19). The van der Waals surface area contributed by atoms with Crippen molar-refractivity contribution in [3.8, 4) is 5.75 Å². The van der Waals surface area contributed by atoms with Crippen LogP contribution in [0.3, 0.4) is 0 Å². The van der Waals surface area contributed by atoms with E-state index in [4.69, 9.17) is 17.0 Å². The topological polar surface area (TPSA) is 45.3 Å². The molecule has 0 bridgehead atoms. The summed E-state index contributed by atoms with van der Waals surface area (Å²) in [5, 5.41) is 3.50. The van der Waals surface area contributed by atoms with Crippen LogP contribution in [0.15, 0.2) is 43.0 Å². The summed E-state index contributed by atoms with van der Waals surface area (Å²) >= 11 is 5.09. The molecule has 0 unspecified atom stereocenters. The maximum atomic E-state index is 5.10. The number of hydrazine groups is 1. The lowest BCUT2D eigenvalue weighted by Gasteiger charge is -2.14. The van der Waals surface area contributed by atoms with Crippen molar-refractivity contribution in [2.24, 2.45) is 0 Å². The molecule has 0 radical (unpaired) electrons. The van der Waals surface area contributed by atoms with Crippen molar-refractivity contribution in [1.29, 1.82) is 0 Å². The van der Waals surface area contributed by atoms with Gasteiger partial charge in [0.05, 0.1) is 12.8 Å². The van der Waals surface area contributed by atoms with Crippen LogP contribution in [0, 0.1) is 0 Å². The number of hydrogen-bond acceptors (Lipinski definition) is 3. The minimum absolute atomic E-state index is 0.498. The molecule has 0 fully saturated rings. The van der Waals surface area contributed by atoms with Gasteiger partial charge in [-0.15, -0.1) is 0 Å². The monoisotopic (exact) mass is 277 g/mol. The number of ether oxygens (including phenoxy) is 1. The number of hydrogen-bond donors (Lipinski definition) is 3. The van der Waals surface area contributed by atoms with Gasteiger partial charge in [-0.1, -0.05) is 18.7 Å². The molecule has 0 saturated heterocycles. The highest BCUT2D eigenvalue weighted by Crippen LogP contribution is 2.14. The second-order valence-corrected chi connectivity index (χ2v) is 4.51. The lowest BCUT2D eigenvalue weighted by molar-refractivity contribution is 0.415. The minimum Gasteiger partial charge on any atom is -0.497 e. The first kappa shape index (κ1) is 15.0. The summed E-state index contributed by atoms with van der Waals surface area (Å²) in [5.74, 6) is 0.808. The Morgan fingerprint density at radius 2 is 1.84 bits per heavy atom. The molecule has 3 N–H and O–H groups in total. The maximum absolute atomic E-state index is 5.10. The van der Waals surface area contributed by atoms with Crippen LogP contribution < -0.4 is 20.9 Å². The van der Waals surface area contributed by atoms with Crippen molar-refractivity contribution >= 4 is 23.0 Å². The van der Waals surface area contributed by atoms with Crippen molar-refractivity contribution in [3.05, 3.63) is 48.6 Å². The molecular formula is C14H19N3OS. The quantitative estimate of drug-likeness (QED) is 0.423. The summed E-state index contributed by atoms with van der Waals surface area (Å²) in [5.41, 5.74) is 8.50. The Kier molecular flexibility index (Phi) is 5.89. The van der Waals surface area contributed by atoms with Crippen LogP contribution in [0.25, 0.3) is 5.70 Å². The van der Waals surface area contributed by atoms with E-state index in [0.717, 1.165) is 22.6 Å². The minimum atomic E-state index is 0.498. The molecular weight excluding hydrogens is 258 g/mol. The predicted molar refractivity (Wildman–Crippen MR) is 83.7 cm³/mol. The Morgan fingerprint density at radius 1 is 1.21 bits per heavy atom. The second-order valence-electron chi connectivity index (χ2n) is 4.10. The molecule has 1 aromatic carbocycles. The van der Waals surface area contributed by atoms with Crippen LogP contribution in [0.1, 0.15) is 12.5 Å². The zero-order chi connectivity index (χ0) is 14.3. The average molecular weight is 277 g/mol. The lowest BCUT2D eigenvalue weighted by atomic mass is 10.2. The highest BCUT2D eigenvalue weighted by molar-refractivity contribution is 7.80. The third-order valence-electron chi connectivity index (χ3n) is 2.32. The number of nitrogens with one attached hydrogen (secondary N) is 3. The normalized spacial score (nSPS) is 9.37. The fourth-order valence-electron chi connectivity index (χ4n) is 1.27. The zero-order valence-electron chi connectivity index (χ0n) is 11.2. The van der Waals surface area contributed by atoms with Crippen LogP contribution in [0.4, 0.5) is 0 Å². The summed E-state index contributed by atoms with van der Waals surface area (Å²) < 4.78 is 5.10. The molecule has 5 heteroatoms. The molecule has 0 amide bonds. The van der Waals surface area contributed by atoms with E-state index in [9.17, 15) is 0 Å². The lowest BCUT2D eigenvalue weighted by Crippen LogP contribution is -2.43. The van der Waals surface area contributed by atoms with Crippen LogP contribution >= 0.6 is 12.2 Å². The van der Waals surface area contributed by atoms with Gasteiger partial charge in [0, 0.05) is 6.54 Å². The Morgan fingerprint density at radius 3 is 2.37 bits per heavy atom. The first-order chi connectivity index (χ1) is 9.02. The van der Waals surface area contributed by atoms with Crippen LogP contribution in [0.5, 0.6) is 5.75 Å². The Balaban J connectivity index is 2.42. The zero-order valence-corrected chi connectivity index (χ0v) is 12.1. The summed E-state index contributed by atoms with van der Waals surface area (Å²) in [4.78, 5) is 0.